The van der Waals surface area contributed by atoms with Crippen LogP contribution in [0.5, 0.6) is 0 Å². The Kier molecular flexibility index (Phi) is 3.82. The molecule has 1 saturated heterocycles. The van der Waals surface area contributed by atoms with Gasteiger partial charge in [0.2, 0.25) is 0 Å². The van der Waals surface area contributed by atoms with Gasteiger partial charge in [-0.3, -0.25) is 4.79 Å². The van der Waals surface area contributed by atoms with Gasteiger partial charge in [0.1, 0.15) is 17.9 Å². The second kappa shape index (κ2) is 5.76. The van der Waals surface area contributed by atoms with Crippen molar-refractivity contribution in [3.63, 3.8) is 0 Å². The van der Waals surface area contributed by atoms with Gasteiger partial charge in [0.15, 0.2) is 5.65 Å². The Labute approximate surface area is 120 Å². The third-order valence-corrected chi connectivity index (χ3v) is 3.50. The molecule has 1 aliphatic heterocycles. The van der Waals surface area contributed by atoms with Crippen molar-refractivity contribution in [2.45, 2.75) is 24.7 Å². The number of nitrogens with one attached hydrogen (secondary N) is 2. The van der Waals surface area contributed by atoms with E-state index in [2.05, 4.69) is 20.3 Å². The van der Waals surface area contributed by atoms with Gasteiger partial charge in [-0.1, -0.05) is 0 Å². The van der Waals surface area contributed by atoms with Crippen LogP contribution in [0.2, 0.25) is 0 Å². The van der Waals surface area contributed by atoms with Gasteiger partial charge in [-0.2, -0.15) is 0 Å². The van der Waals surface area contributed by atoms with Crippen LogP contribution in [0.25, 0.3) is 11.2 Å². The number of rotatable bonds is 3. The van der Waals surface area contributed by atoms with E-state index < -0.39 is 18.3 Å². The fourth-order valence-corrected chi connectivity index (χ4v) is 2.27. The van der Waals surface area contributed by atoms with Crippen LogP contribution < -0.4 is 5.32 Å². The largest absolute Gasteiger partial charge is 0.390 e. The maximum absolute atomic E-state index is 12.0. The molecule has 1 amide bonds. The summed E-state index contributed by atoms with van der Waals surface area (Å²) in [4.78, 5) is 23.0. The normalized spacial score (nSPS) is 25.9. The lowest BCUT2D eigenvalue weighted by Gasteiger charge is -2.31. The highest BCUT2D eigenvalue weighted by Gasteiger charge is 2.31. The molecule has 3 rings (SSSR count). The Balaban J connectivity index is 1.63. The highest BCUT2D eigenvalue weighted by Crippen LogP contribution is 2.14. The van der Waals surface area contributed by atoms with E-state index in [4.69, 9.17) is 4.74 Å². The summed E-state index contributed by atoms with van der Waals surface area (Å²) in [6, 6.07) is 3.31. The van der Waals surface area contributed by atoms with Crippen molar-refractivity contribution >= 4 is 17.1 Å². The van der Waals surface area contributed by atoms with Crippen LogP contribution in [0.3, 0.4) is 0 Å². The fraction of sp³-hybridized carbons (Fsp3) is 0.462. The maximum atomic E-state index is 12.0. The number of H-pyrrole nitrogens is 1. The summed E-state index contributed by atoms with van der Waals surface area (Å²) >= 11 is 0. The third kappa shape index (κ3) is 2.87. The summed E-state index contributed by atoms with van der Waals surface area (Å²) in [7, 11) is 0. The molecule has 8 heteroatoms. The molecule has 3 heterocycles. The summed E-state index contributed by atoms with van der Waals surface area (Å²) in [5, 5.41) is 22.0. The first-order valence-corrected chi connectivity index (χ1v) is 6.71. The van der Waals surface area contributed by atoms with E-state index in [0.717, 1.165) is 5.52 Å². The van der Waals surface area contributed by atoms with E-state index in [1.807, 2.05) is 0 Å². The Morgan fingerprint density at radius 3 is 3.19 bits per heavy atom. The van der Waals surface area contributed by atoms with Crippen molar-refractivity contribution in [2.24, 2.45) is 0 Å². The number of carbonyl (C=O) groups excluding carboxylic acids is 1. The molecule has 112 valence electrons. The number of carbonyl (C=O) groups is 1. The Morgan fingerprint density at radius 2 is 2.33 bits per heavy atom. The molecule has 0 aliphatic carbocycles. The molecular formula is C13H16N4O4. The molecule has 0 radical (unpaired) electrons. The van der Waals surface area contributed by atoms with E-state index in [0.29, 0.717) is 18.7 Å². The van der Waals surface area contributed by atoms with Crippen LogP contribution in [0.15, 0.2) is 18.5 Å². The first-order chi connectivity index (χ1) is 10.1. The number of aliphatic hydroxyl groups excluding tert-OH is 2. The predicted octanol–water partition coefficient (Wildman–Crippen LogP) is -0.802. The van der Waals surface area contributed by atoms with E-state index in [1.54, 1.807) is 12.1 Å². The van der Waals surface area contributed by atoms with Gasteiger partial charge in [0.05, 0.1) is 17.9 Å². The number of pyridine rings is 1. The lowest BCUT2D eigenvalue weighted by Crippen LogP contribution is -2.50. The Hall–Kier alpha value is -2.03. The molecule has 0 spiro atoms. The fourth-order valence-electron chi connectivity index (χ4n) is 2.27. The van der Waals surface area contributed by atoms with Crippen molar-refractivity contribution in [1.29, 1.82) is 0 Å². The quantitative estimate of drug-likeness (QED) is 0.588. The lowest BCUT2D eigenvalue weighted by atomic mass is 10.0. The van der Waals surface area contributed by atoms with Crippen molar-refractivity contribution in [3.8, 4) is 0 Å². The van der Waals surface area contributed by atoms with E-state index in [1.165, 1.54) is 6.33 Å². The maximum Gasteiger partial charge on any atom is 0.270 e. The van der Waals surface area contributed by atoms with Crippen molar-refractivity contribution in [1.82, 2.24) is 20.3 Å². The molecule has 1 aliphatic rings. The summed E-state index contributed by atoms with van der Waals surface area (Å²) < 4.78 is 5.34. The summed E-state index contributed by atoms with van der Waals surface area (Å²) in [5.74, 6) is -0.379. The molecule has 8 nitrogen and oxygen atoms in total. The lowest BCUT2D eigenvalue weighted by molar-refractivity contribution is -0.132. The standard InChI is InChI=1S/C13H16N4O4/c18-9-3-4-21-10(11(9)19)5-14-13(20)8-2-1-7-12(17-8)16-6-15-7/h1-2,6,9-11,18-19H,3-5H2,(H,14,20)(H,15,16,17). The van der Waals surface area contributed by atoms with Gasteiger partial charge in [-0.15, -0.1) is 0 Å². The average molecular weight is 292 g/mol. The van der Waals surface area contributed by atoms with E-state index in [9.17, 15) is 15.0 Å². The number of hydrogen-bond acceptors (Lipinski definition) is 6. The molecule has 0 aromatic carbocycles. The number of ether oxygens (including phenoxy) is 1. The average Bonchev–Trinajstić information content (AvgIpc) is 2.96. The predicted molar refractivity (Wildman–Crippen MR) is 72.6 cm³/mol. The third-order valence-electron chi connectivity index (χ3n) is 3.50. The minimum absolute atomic E-state index is 0.108. The van der Waals surface area contributed by atoms with Crippen LogP contribution in [-0.4, -0.2) is 62.5 Å². The number of nitrogens with zero attached hydrogens (tertiary/aromatic N) is 2. The van der Waals surface area contributed by atoms with Gasteiger partial charge in [0.25, 0.3) is 5.91 Å². The van der Waals surface area contributed by atoms with Gasteiger partial charge < -0.3 is 25.3 Å². The number of amides is 1. The van der Waals surface area contributed by atoms with Gasteiger partial charge in [0, 0.05) is 13.2 Å². The van der Waals surface area contributed by atoms with Gasteiger partial charge in [-0.05, 0) is 18.6 Å². The van der Waals surface area contributed by atoms with Crippen molar-refractivity contribution < 1.29 is 19.7 Å². The van der Waals surface area contributed by atoms with Crippen LogP contribution in [0, 0.1) is 0 Å². The number of hydrogen-bond donors (Lipinski definition) is 4. The summed E-state index contributed by atoms with van der Waals surface area (Å²) in [6.07, 6.45) is -0.539. The highest BCUT2D eigenvalue weighted by atomic mass is 16.5. The zero-order valence-corrected chi connectivity index (χ0v) is 11.2. The molecule has 21 heavy (non-hydrogen) atoms. The van der Waals surface area contributed by atoms with E-state index in [-0.39, 0.29) is 18.1 Å². The summed E-state index contributed by atoms with van der Waals surface area (Å²) in [6.45, 7) is 0.466. The SMILES string of the molecule is O=C(NCC1OCCC(O)C1O)c1ccc2[nH]cnc2n1. The second-order valence-corrected chi connectivity index (χ2v) is 4.94. The van der Waals surface area contributed by atoms with Crippen LogP contribution >= 0.6 is 0 Å². The molecule has 2 aromatic rings. The Bertz CT molecular complexity index is 644. The monoisotopic (exact) mass is 292 g/mol. The molecule has 0 bridgehead atoms. The topological polar surface area (TPSA) is 120 Å². The molecular weight excluding hydrogens is 276 g/mol. The van der Waals surface area contributed by atoms with Crippen LogP contribution in [-0.2, 0) is 4.74 Å². The molecule has 4 N–H and O–H groups in total. The van der Waals surface area contributed by atoms with Crippen LogP contribution in [0.4, 0.5) is 0 Å². The second-order valence-electron chi connectivity index (χ2n) is 4.94. The number of aromatic nitrogens is 3. The number of fused-ring (bicyclic) bond motifs is 1. The summed E-state index contributed by atoms with van der Waals surface area (Å²) in [5.41, 5.74) is 1.45. The van der Waals surface area contributed by atoms with Crippen LogP contribution in [0.1, 0.15) is 16.9 Å². The minimum atomic E-state index is -0.999. The van der Waals surface area contributed by atoms with Crippen molar-refractivity contribution in [2.75, 3.05) is 13.2 Å². The minimum Gasteiger partial charge on any atom is -0.390 e. The smallest absolute Gasteiger partial charge is 0.270 e. The number of aliphatic hydroxyl groups is 2. The van der Waals surface area contributed by atoms with Gasteiger partial charge >= 0.3 is 0 Å². The zero-order valence-electron chi connectivity index (χ0n) is 11.2. The van der Waals surface area contributed by atoms with E-state index >= 15 is 0 Å². The van der Waals surface area contributed by atoms with Gasteiger partial charge in [-0.25, -0.2) is 9.97 Å². The Morgan fingerprint density at radius 1 is 1.48 bits per heavy atom. The first-order valence-electron chi connectivity index (χ1n) is 6.71. The number of imidazole rings is 1. The first kappa shape index (κ1) is 13.9. The number of aromatic amines is 1. The highest BCUT2D eigenvalue weighted by molar-refractivity contribution is 5.93. The molecule has 3 atom stereocenters. The molecule has 2 aromatic heterocycles. The zero-order chi connectivity index (χ0) is 14.8. The molecule has 3 unspecified atom stereocenters. The molecule has 0 saturated carbocycles. The molecule has 1 fully saturated rings. The van der Waals surface area contributed by atoms with Crippen molar-refractivity contribution in [3.05, 3.63) is 24.2 Å².